The molecular weight excluding hydrogens is 478 g/mol. The number of hydrogen-bond donors (Lipinski definition) is 2. The molecule has 0 aliphatic heterocycles. The van der Waals surface area contributed by atoms with Gasteiger partial charge in [0.2, 0.25) is 0 Å². The van der Waals surface area contributed by atoms with Crippen LogP contribution in [0, 0.1) is 10.1 Å². The van der Waals surface area contributed by atoms with Gasteiger partial charge >= 0.3 is 12.0 Å². The topological polar surface area (TPSA) is 113 Å². The number of nitrogens with one attached hydrogen (secondary N) is 1. The minimum atomic E-state index is -0.941. The number of hydrogen-bond acceptors (Lipinski definition) is 5. The van der Waals surface area contributed by atoms with E-state index < -0.39 is 15.6 Å². The molecular formula is C27H37N3O5S. The summed E-state index contributed by atoms with van der Waals surface area (Å²) < 4.78 is -0.941. The van der Waals surface area contributed by atoms with Crippen LogP contribution in [0.2, 0.25) is 0 Å². The predicted octanol–water partition coefficient (Wildman–Crippen LogP) is 5.95. The number of carbonyl (C=O) groups is 2. The van der Waals surface area contributed by atoms with E-state index in [0.717, 1.165) is 35.3 Å². The smallest absolute Gasteiger partial charge is 0.321 e. The first kappa shape index (κ1) is 29.2. The molecule has 1 aromatic carbocycles. The van der Waals surface area contributed by atoms with Gasteiger partial charge in [0, 0.05) is 34.8 Å². The van der Waals surface area contributed by atoms with E-state index in [1.165, 1.54) is 23.9 Å². The highest BCUT2D eigenvalue weighted by atomic mass is 32.2. The molecule has 0 saturated heterocycles. The summed E-state index contributed by atoms with van der Waals surface area (Å²) in [7, 11) is 0. The molecule has 2 amide bonds. The molecule has 36 heavy (non-hydrogen) atoms. The molecule has 1 aliphatic rings. The summed E-state index contributed by atoms with van der Waals surface area (Å²) in [6.45, 7) is 12.9. The highest BCUT2D eigenvalue weighted by Crippen LogP contribution is 2.36. The summed E-state index contributed by atoms with van der Waals surface area (Å²) in [5, 5.41) is 23.7. The Labute approximate surface area is 217 Å². The van der Waals surface area contributed by atoms with Crippen molar-refractivity contribution >= 4 is 23.8 Å². The highest BCUT2D eigenvalue weighted by Gasteiger charge is 2.32. The maximum atomic E-state index is 13.3. The lowest BCUT2D eigenvalue weighted by Crippen LogP contribution is -2.46. The van der Waals surface area contributed by atoms with E-state index in [4.69, 9.17) is 0 Å². The molecule has 0 heterocycles. The van der Waals surface area contributed by atoms with Crippen LogP contribution in [0.4, 0.5) is 4.79 Å². The van der Waals surface area contributed by atoms with E-state index in [9.17, 15) is 24.8 Å². The third-order valence-electron chi connectivity index (χ3n) is 6.25. The van der Waals surface area contributed by atoms with E-state index >= 15 is 0 Å². The molecule has 1 aromatic rings. The van der Waals surface area contributed by atoms with Gasteiger partial charge in [-0.2, -0.15) is 0 Å². The number of rotatable bonds is 12. The van der Waals surface area contributed by atoms with E-state index in [1.54, 1.807) is 27.7 Å². The van der Waals surface area contributed by atoms with E-state index in [-0.39, 0.29) is 17.8 Å². The molecule has 0 bridgehead atoms. The molecule has 8 nitrogen and oxygen atoms in total. The Morgan fingerprint density at radius 1 is 1.28 bits per heavy atom. The van der Waals surface area contributed by atoms with Gasteiger partial charge < -0.3 is 15.3 Å². The summed E-state index contributed by atoms with van der Waals surface area (Å²) in [5.41, 5.74) is 2.96. The molecule has 196 valence electrons. The third-order valence-corrected chi connectivity index (χ3v) is 7.42. The minimum Gasteiger partial charge on any atom is -0.480 e. The van der Waals surface area contributed by atoms with Crippen LogP contribution in [0.3, 0.4) is 0 Å². The zero-order valence-corrected chi connectivity index (χ0v) is 22.6. The molecule has 2 N–H and O–H groups in total. The van der Waals surface area contributed by atoms with Crippen molar-refractivity contribution in [2.45, 2.75) is 82.4 Å². The van der Waals surface area contributed by atoms with Crippen molar-refractivity contribution in [3.63, 3.8) is 0 Å². The van der Waals surface area contributed by atoms with Gasteiger partial charge in [0.1, 0.15) is 4.75 Å². The molecule has 0 fully saturated rings. The quantitative estimate of drug-likeness (QED) is 0.117. The molecule has 1 atom stereocenters. The molecule has 2 rings (SSSR count). The predicted molar refractivity (Wildman–Crippen MR) is 144 cm³/mol. The lowest BCUT2D eigenvalue weighted by molar-refractivity contribution is -0.420. The number of carboxylic acid groups (broad SMARTS) is 1. The highest BCUT2D eigenvalue weighted by molar-refractivity contribution is 8.01. The van der Waals surface area contributed by atoms with Crippen molar-refractivity contribution < 1.29 is 19.6 Å². The zero-order chi connectivity index (χ0) is 27.0. The lowest BCUT2D eigenvalue weighted by Gasteiger charge is -2.29. The first-order valence-electron chi connectivity index (χ1n) is 12.2. The Morgan fingerprint density at radius 2 is 1.94 bits per heavy atom. The van der Waals surface area contributed by atoms with Crippen molar-refractivity contribution in [1.29, 1.82) is 0 Å². The largest absolute Gasteiger partial charge is 0.480 e. The Kier molecular flexibility index (Phi) is 10.3. The summed E-state index contributed by atoms with van der Waals surface area (Å²) in [5.74, 6) is -0.869. The monoisotopic (exact) mass is 515 g/mol. The number of carbonyl (C=O) groups excluding carboxylic acids is 1. The SMILES string of the molecule is C=C/C(C)=C(\C=C(/C)NC(=O)N(CCCCC)C1Cc2ccc(SC(C)(C)C(=O)O)cc2C1)[N+](=O)[O-]. The summed E-state index contributed by atoms with van der Waals surface area (Å²) in [6, 6.07) is 5.67. The van der Waals surface area contributed by atoms with Gasteiger partial charge in [-0.1, -0.05) is 38.5 Å². The van der Waals surface area contributed by atoms with Crippen molar-refractivity contribution in [1.82, 2.24) is 10.2 Å². The van der Waals surface area contributed by atoms with Gasteiger partial charge in [-0.15, -0.1) is 11.8 Å². The van der Waals surface area contributed by atoms with Crippen LogP contribution >= 0.6 is 11.8 Å². The number of carboxylic acids is 1. The molecule has 0 aromatic heterocycles. The molecule has 0 spiro atoms. The summed E-state index contributed by atoms with van der Waals surface area (Å²) >= 11 is 1.31. The second-order valence-corrected chi connectivity index (χ2v) is 11.3. The number of thioether (sulfide) groups is 1. The van der Waals surface area contributed by atoms with Gasteiger partial charge in [0.25, 0.3) is 5.70 Å². The van der Waals surface area contributed by atoms with Gasteiger partial charge in [-0.05, 0) is 70.2 Å². The van der Waals surface area contributed by atoms with E-state index in [1.807, 2.05) is 23.1 Å². The van der Waals surface area contributed by atoms with Gasteiger partial charge in [0.05, 0.1) is 4.92 Å². The lowest BCUT2D eigenvalue weighted by atomic mass is 10.1. The Bertz CT molecular complexity index is 1080. The number of fused-ring (bicyclic) bond motifs is 1. The van der Waals surface area contributed by atoms with Crippen LogP contribution < -0.4 is 5.32 Å². The second kappa shape index (κ2) is 12.8. The van der Waals surface area contributed by atoms with Crippen LogP contribution in [0.15, 0.2) is 58.8 Å². The Balaban J connectivity index is 2.23. The summed E-state index contributed by atoms with van der Waals surface area (Å²) in [4.78, 5) is 38.5. The fraction of sp³-hybridized carbons (Fsp3) is 0.481. The van der Waals surface area contributed by atoms with Crippen molar-refractivity contribution in [3.05, 3.63) is 75.1 Å². The average Bonchev–Trinajstić information content (AvgIpc) is 3.22. The molecule has 1 aliphatic carbocycles. The third kappa shape index (κ3) is 7.71. The minimum absolute atomic E-state index is 0.0437. The molecule has 0 radical (unpaired) electrons. The number of nitrogens with zero attached hydrogens (tertiary/aromatic N) is 2. The van der Waals surface area contributed by atoms with Crippen molar-refractivity contribution in [2.75, 3.05) is 6.54 Å². The number of urea groups is 1. The number of nitro groups is 1. The van der Waals surface area contributed by atoms with Crippen LogP contribution in [-0.2, 0) is 17.6 Å². The van der Waals surface area contributed by atoms with Gasteiger partial charge in [-0.3, -0.25) is 14.9 Å². The fourth-order valence-corrected chi connectivity index (χ4v) is 5.09. The van der Waals surface area contributed by atoms with Gasteiger partial charge in [0.15, 0.2) is 0 Å². The Morgan fingerprint density at radius 3 is 2.53 bits per heavy atom. The first-order chi connectivity index (χ1) is 16.9. The van der Waals surface area contributed by atoms with Gasteiger partial charge in [-0.25, -0.2) is 4.79 Å². The van der Waals surface area contributed by atoms with E-state index in [2.05, 4.69) is 18.8 Å². The molecule has 9 heteroatoms. The first-order valence-corrected chi connectivity index (χ1v) is 13.0. The summed E-state index contributed by atoms with van der Waals surface area (Å²) in [6.07, 6.45) is 7.04. The number of amides is 2. The second-order valence-electron chi connectivity index (χ2n) is 9.60. The maximum absolute atomic E-state index is 13.3. The normalized spacial score (nSPS) is 16.1. The van der Waals surface area contributed by atoms with Crippen molar-refractivity contribution in [2.24, 2.45) is 0 Å². The molecule has 1 unspecified atom stereocenters. The zero-order valence-electron chi connectivity index (χ0n) is 21.8. The Hall–Kier alpha value is -3.07. The molecule has 0 saturated carbocycles. The number of unbranched alkanes of at least 4 members (excludes halogenated alkanes) is 2. The number of aliphatic carboxylic acids is 1. The number of allylic oxidation sites excluding steroid dienone is 4. The van der Waals surface area contributed by atoms with Crippen LogP contribution in [0.25, 0.3) is 0 Å². The van der Waals surface area contributed by atoms with Crippen LogP contribution in [-0.4, -0.2) is 44.3 Å². The maximum Gasteiger partial charge on any atom is 0.321 e. The van der Waals surface area contributed by atoms with Crippen molar-refractivity contribution in [3.8, 4) is 0 Å². The van der Waals surface area contributed by atoms with Crippen LogP contribution in [0.1, 0.15) is 65.0 Å². The van der Waals surface area contributed by atoms with E-state index in [0.29, 0.717) is 30.7 Å². The number of benzene rings is 1. The van der Waals surface area contributed by atoms with Crippen LogP contribution in [0.5, 0.6) is 0 Å². The fourth-order valence-electron chi connectivity index (χ4n) is 4.07. The standard InChI is InChI=1S/C27H37N3O5S/c1-7-9-10-13-29(26(33)28-19(4)14-24(30(34)35)18(3)8-2)22-15-20-11-12-23(17-21(20)16-22)36-27(5,6)25(31)32/h8,11-12,14,17,22H,2,7,9-10,13,15-16H2,1,3-6H3,(H,28,33)(H,31,32)/b19-14+,24-18+. The average molecular weight is 516 g/mol.